The molecule has 2 unspecified atom stereocenters. The van der Waals surface area contributed by atoms with Gasteiger partial charge in [0, 0.05) is 17.0 Å². The van der Waals surface area contributed by atoms with Crippen LogP contribution in [0.5, 0.6) is 5.75 Å². The average Bonchev–Trinajstić information content (AvgIpc) is 2.39. The zero-order valence-corrected chi connectivity index (χ0v) is 12.2. The van der Waals surface area contributed by atoms with Gasteiger partial charge in [-0.1, -0.05) is 6.42 Å². The van der Waals surface area contributed by atoms with Crippen molar-refractivity contribution in [3.05, 3.63) is 18.0 Å². The zero-order chi connectivity index (χ0) is 13.0. The molecule has 0 spiro atoms. The van der Waals surface area contributed by atoms with Gasteiger partial charge < -0.3 is 10.1 Å². The molecule has 0 saturated heterocycles. The molecule has 1 N–H and O–H groups in total. The SMILES string of the molecule is COc1cnc(C)cc1NC1CCCC(SC)C1. The van der Waals surface area contributed by atoms with Crippen molar-refractivity contribution in [1.29, 1.82) is 0 Å². The lowest BCUT2D eigenvalue weighted by atomic mass is 9.94. The average molecular weight is 266 g/mol. The number of rotatable bonds is 4. The Morgan fingerprint density at radius 3 is 3.00 bits per heavy atom. The van der Waals surface area contributed by atoms with Crippen LogP contribution in [0.4, 0.5) is 5.69 Å². The Morgan fingerprint density at radius 2 is 2.28 bits per heavy atom. The first kappa shape index (κ1) is 13.5. The molecule has 2 rings (SSSR count). The first-order valence-corrected chi connectivity index (χ1v) is 7.81. The van der Waals surface area contributed by atoms with Crippen molar-refractivity contribution in [3.8, 4) is 5.75 Å². The van der Waals surface area contributed by atoms with E-state index in [-0.39, 0.29) is 0 Å². The van der Waals surface area contributed by atoms with Crippen molar-refractivity contribution in [1.82, 2.24) is 4.98 Å². The summed E-state index contributed by atoms with van der Waals surface area (Å²) in [6.45, 7) is 2.01. The monoisotopic (exact) mass is 266 g/mol. The molecule has 0 radical (unpaired) electrons. The lowest BCUT2D eigenvalue weighted by molar-refractivity contribution is 0.411. The van der Waals surface area contributed by atoms with Crippen molar-refractivity contribution >= 4 is 17.4 Å². The normalized spacial score (nSPS) is 23.7. The van der Waals surface area contributed by atoms with E-state index in [1.807, 2.05) is 18.7 Å². The van der Waals surface area contributed by atoms with Gasteiger partial charge in [0.1, 0.15) is 0 Å². The standard InChI is InChI=1S/C14H22N2OS/c1-10-7-13(14(17-2)9-15-10)16-11-5-4-6-12(8-11)18-3/h7,9,11-12H,4-6,8H2,1-3H3,(H,15,16). The van der Waals surface area contributed by atoms with Crippen molar-refractivity contribution < 1.29 is 4.74 Å². The van der Waals surface area contributed by atoms with Gasteiger partial charge in [0.2, 0.25) is 0 Å². The van der Waals surface area contributed by atoms with Crippen LogP contribution in [0, 0.1) is 6.92 Å². The zero-order valence-electron chi connectivity index (χ0n) is 11.4. The summed E-state index contributed by atoms with van der Waals surface area (Å²) in [5.41, 5.74) is 2.10. The van der Waals surface area contributed by atoms with Crippen LogP contribution in [-0.2, 0) is 0 Å². The summed E-state index contributed by atoms with van der Waals surface area (Å²) in [5.74, 6) is 0.840. The van der Waals surface area contributed by atoms with E-state index in [4.69, 9.17) is 4.74 Å². The molecule has 2 atom stereocenters. The van der Waals surface area contributed by atoms with E-state index in [1.54, 1.807) is 13.3 Å². The fraction of sp³-hybridized carbons (Fsp3) is 0.643. The number of ether oxygens (including phenoxy) is 1. The van der Waals surface area contributed by atoms with Crippen LogP contribution >= 0.6 is 11.8 Å². The van der Waals surface area contributed by atoms with E-state index >= 15 is 0 Å². The van der Waals surface area contributed by atoms with Crippen LogP contribution < -0.4 is 10.1 Å². The Kier molecular flexibility index (Phi) is 4.75. The molecular formula is C14H22N2OS. The topological polar surface area (TPSA) is 34.1 Å². The highest BCUT2D eigenvalue weighted by molar-refractivity contribution is 7.99. The third-order valence-corrected chi connectivity index (χ3v) is 4.64. The van der Waals surface area contributed by atoms with E-state index in [0.29, 0.717) is 6.04 Å². The van der Waals surface area contributed by atoms with Gasteiger partial charge in [-0.2, -0.15) is 11.8 Å². The largest absolute Gasteiger partial charge is 0.493 e. The van der Waals surface area contributed by atoms with Crippen molar-refractivity contribution in [2.75, 3.05) is 18.7 Å². The predicted molar refractivity (Wildman–Crippen MR) is 78.7 cm³/mol. The highest BCUT2D eigenvalue weighted by Gasteiger charge is 2.21. The summed E-state index contributed by atoms with van der Waals surface area (Å²) >= 11 is 1.99. The van der Waals surface area contributed by atoms with E-state index in [1.165, 1.54) is 25.7 Å². The summed E-state index contributed by atoms with van der Waals surface area (Å²) in [6, 6.07) is 2.63. The number of aryl methyl sites for hydroxylation is 1. The number of thioether (sulfide) groups is 1. The second kappa shape index (κ2) is 6.32. The Balaban J connectivity index is 2.06. The summed E-state index contributed by atoms with van der Waals surface area (Å²) in [4.78, 5) is 4.27. The minimum Gasteiger partial charge on any atom is -0.493 e. The molecule has 1 fully saturated rings. The van der Waals surface area contributed by atoms with Gasteiger partial charge in [-0.3, -0.25) is 4.98 Å². The quantitative estimate of drug-likeness (QED) is 0.904. The van der Waals surface area contributed by atoms with Gasteiger partial charge in [0.25, 0.3) is 0 Å². The number of nitrogens with zero attached hydrogens (tertiary/aromatic N) is 1. The molecule has 1 aromatic heterocycles. The molecule has 100 valence electrons. The number of aromatic nitrogens is 1. The van der Waals surface area contributed by atoms with Crippen molar-refractivity contribution in [2.45, 2.75) is 43.9 Å². The fourth-order valence-corrected chi connectivity index (χ4v) is 3.36. The van der Waals surface area contributed by atoms with E-state index in [2.05, 4.69) is 22.6 Å². The molecule has 0 bridgehead atoms. The molecule has 1 aliphatic rings. The molecule has 4 heteroatoms. The molecule has 0 aliphatic heterocycles. The fourth-order valence-electron chi connectivity index (χ4n) is 2.53. The van der Waals surface area contributed by atoms with Crippen LogP contribution in [0.15, 0.2) is 12.3 Å². The maximum atomic E-state index is 5.36. The van der Waals surface area contributed by atoms with Crippen LogP contribution in [0.25, 0.3) is 0 Å². The third kappa shape index (κ3) is 3.31. The molecule has 0 amide bonds. The summed E-state index contributed by atoms with van der Waals surface area (Å²) in [5, 5.41) is 4.42. The van der Waals surface area contributed by atoms with Gasteiger partial charge in [0.15, 0.2) is 5.75 Å². The lowest BCUT2D eigenvalue weighted by Gasteiger charge is -2.29. The maximum absolute atomic E-state index is 5.36. The van der Waals surface area contributed by atoms with Gasteiger partial charge in [0.05, 0.1) is 19.0 Å². The Morgan fingerprint density at radius 1 is 1.44 bits per heavy atom. The summed E-state index contributed by atoms with van der Waals surface area (Å²) in [6.07, 6.45) is 9.17. The molecule has 1 aliphatic carbocycles. The first-order valence-electron chi connectivity index (χ1n) is 6.53. The van der Waals surface area contributed by atoms with E-state index in [0.717, 1.165) is 22.4 Å². The maximum Gasteiger partial charge on any atom is 0.160 e. The van der Waals surface area contributed by atoms with Crippen LogP contribution in [0.3, 0.4) is 0 Å². The minimum atomic E-state index is 0.562. The van der Waals surface area contributed by atoms with Gasteiger partial charge in [-0.05, 0) is 38.5 Å². The van der Waals surface area contributed by atoms with Gasteiger partial charge in [-0.25, -0.2) is 0 Å². The molecule has 1 aromatic rings. The number of methoxy groups -OCH3 is 1. The van der Waals surface area contributed by atoms with Crippen molar-refractivity contribution in [3.63, 3.8) is 0 Å². The highest BCUT2D eigenvalue weighted by Crippen LogP contribution is 2.31. The number of anilines is 1. The molecular weight excluding hydrogens is 244 g/mol. The van der Waals surface area contributed by atoms with Crippen LogP contribution in [0.2, 0.25) is 0 Å². The van der Waals surface area contributed by atoms with Gasteiger partial charge >= 0.3 is 0 Å². The second-order valence-corrected chi connectivity index (χ2v) is 6.03. The number of hydrogen-bond donors (Lipinski definition) is 1. The summed E-state index contributed by atoms with van der Waals surface area (Å²) < 4.78 is 5.36. The predicted octanol–water partition coefficient (Wildman–Crippen LogP) is 3.48. The third-order valence-electron chi connectivity index (χ3n) is 3.54. The smallest absolute Gasteiger partial charge is 0.160 e. The Bertz CT molecular complexity index is 397. The molecule has 18 heavy (non-hydrogen) atoms. The number of pyridine rings is 1. The van der Waals surface area contributed by atoms with Crippen LogP contribution in [0.1, 0.15) is 31.4 Å². The molecule has 1 heterocycles. The van der Waals surface area contributed by atoms with E-state index in [9.17, 15) is 0 Å². The summed E-state index contributed by atoms with van der Waals surface area (Å²) in [7, 11) is 1.70. The van der Waals surface area contributed by atoms with Crippen LogP contribution in [-0.4, -0.2) is 29.6 Å². The Labute approximate surface area is 114 Å². The number of hydrogen-bond acceptors (Lipinski definition) is 4. The first-order chi connectivity index (χ1) is 8.72. The second-order valence-electron chi connectivity index (χ2n) is 4.89. The molecule has 3 nitrogen and oxygen atoms in total. The lowest BCUT2D eigenvalue weighted by Crippen LogP contribution is -2.28. The highest BCUT2D eigenvalue weighted by atomic mass is 32.2. The number of nitrogens with one attached hydrogen (secondary N) is 1. The molecule has 0 aromatic carbocycles. The van der Waals surface area contributed by atoms with Gasteiger partial charge in [-0.15, -0.1) is 0 Å². The Hall–Kier alpha value is -0.900. The van der Waals surface area contributed by atoms with E-state index < -0.39 is 0 Å². The minimum absolute atomic E-state index is 0.562. The van der Waals surface area contributed by atoms with Crippen molar-refractivity contribution in [2.24, 2.45) is 0 Å². The molecule has 1 saturated carbocycles.